The van der Waals surface area contributed by atoms with Crippen LogP contribution in [-0.2, 0) is 0 Å². The molecule has 1 aliphatic heterocycles. The lowest BCUT2D eigenvalue weighted by atomic mass is 10.1. The number of nitrogens with one attached hydrogen (secondary N) is 1. The molecule has 1 aromatic heterocycles. The summed E-state index contributed by atoms with van der Waals surface area (Å²) in [6, 6.07) is 5.64. The highest BCUT2D eigenvalue weighted by Gasteiger charge is 2.23. The highest BCUT2D eigenvalue weighted by atomic mass is 16.3. The van der Waals surface area contributed by atoms with Crippen molar-refractivity contribution in [3.63, 3.8) is 0 Å². The summed E-state index contributed by atoms with van der Waals surface area (Å²) >= 11 is 0. The van der Waals surface area contributed by atoms with Crippen LogP contribution in [0.2, 0.25) is 0 Å². The summed E-state index contributed by atoms with van der Waals surface area (Å²) in [7, 11) is 0. The second kappa shape index (κ2) is 5.83. The average Bonchev–Trinajstić information content (AvgIpc) is 2.95. The maximum absolute atomic E-state index is 12.7. The van der Waals surface area contributed by atoms with Crippen LogP contribution in [-0.4, -0.2) is 69.8 Å². The van der Waals surface area contributed by atoms with E-state index in [9.17, 15) is 9.90 Å². The Labute approximate surface area is 123 Å². The Morgan fingerprint density at radius 1 is 1.38 bits per heavy atom. The monoisotopic (exact) mass is 288 g/mol. The summed E-state index contributed by atoms with van der Waals surface area (Å²) in [5.74, 6) is 0.0543. The van der Waals surface area contributed by atoms with Crippen LogP contribution in [0.25, 0.3) is 10.9 Å². The molecule has 21 heavy (non-hydrogen) atoms. The Bertz CT molecular complexity index is 629. The van der Waals surface area contributed by atoms with Gasteiger partial charge in [-0.3, -0.25) is 14.8 Å². The fourth-order valence-corrected chi connectivity index (χ4v) is 2.83. The van der Waals surface area contributed by atoms with Crippen molar-refractivity contribution in [3.8, 4) is 0 Å². The number of fused-ring (bicyclic) bond motifs is 1. The van der Waals surface area contributed by atoms with E-state index >= 15 is 0 Å². The Balaban J connectivity index is 1.71. The average molecular weight is 288 g/mol. The quantitative estimate of drug-likeness (QED) is 0.872. The van der Waals surface area contributed by atoms with Gasteiger partial charge < -0.3 is 10.0 Å². The summed E-state index contributed by atoms with van der Waals surface area (Å²) < 4.78 is 0. The maximum atomic E-state index is 12.7. The van der Waals surface area contributed by atoms with Crippen molar-refractivity contribution in [2.45, 2.75) is 13.0 Å². The summed E-state index contributed by atoms with van der Waals surface area (Å²) in [4.78, 5) is 16.7. The number of benzene rings is 1. The zero-order chi connectivity index (χ0) is 14.8. The normalized spacial score (nSPS) is 18.1. The van der Waals surface area contributed by atoms with E-state index in [2.05, 4.69) is 15.1 Å². The number of aliphatic hydroxyl groups excluding tert-OH is 1. The summed E-state index contributed by atoms with van der Waals surface area (Å²) in [5, 5.41) is 17.2. The van der Waals surface area contributed by atoms with E-state index in [-0.39, 0.29) is 12.0 Å². The third-order valence-electron chi connectivity index (χ3n) is 3.90. The van der Waals surface area contributed by atoms with Crippen molar-refractivity contribution in [3.05, 3.63) is 30.0 Å². The Morgan fingerprint density at radius 3 is 2.86 bits per heavy atom. The molecule has 3 rings (SSSR count). The lowest BCUT2D eigenvalue weighted by Crippen LogP contribution is -2.50. The Kier molecular flexibility index (Phi) is 3.90. The molecular formula is C15H20N4O2. The lowest BCUT2D eigenvalue weighted by molar-refractivity contribution is 0.0556. The molecule has 112 valence electrons. The van der Waals surface area contributed by atoms with Crippen molar-refractivity contribution >= 4 is 16.8 Å². The molecule has 1 fully saturated rings. The molecule has 1 aliphatic rings. The number of hydrogen-bond acceptors (Lipinski definition) is 4. The number of aromatic amines is 1. The number of hydrogen-bond donors (Lipinski definition) is 2. The van der Waals surface area contributed by atoms with E-state index in [4.69, 9.17) is 0 Å². The highest BCUT2D eigenvalue weighted by molar-refractivity contribution is 6.06. The number of amides is 1. The van der Waals surface area contributed by atoms with E-state index in [0.717, 1.165) is 24.0 Å². The second-order valence-electron chi connectivity index (χ2n) is 5.58. The fourth-order valence-electron chi connectivity index (χ4n) is 2.83. The van der Waals surface area contributed by atoms with E-state index in [1.54, 1.807) is 13.1 Å². The van der Waals surface area contributed by atoms with Gasteiger partial charge in [-0.2, -0.15) is 5.10 Å². The van der Waals surface area contributed by atoms with E-state index < -0.39 is 0 Å². The summed E-state index contributed by atoms with van der Waals surface area (Å²) in [6.45, 7) is 5.45. The standard InChI is InChI=1S/C15H20N4O2/c1-11(20)10-18-5-7-19(8-6-18)15(21)12-3-2-4-14-13(12)9-16-17-14/h2-4,9,11,20H,5-8,10H2,1H3,(H,16,17)/t11-/m1/s1. The Hall–Kier alpha value is -1.92. The van der Waals surface area contributed by atoms with Gasteiger partial charge in [0.15, 0.2) is 0 Å². The SMILES string of the molecule is C[C@@H](O)CN1CCN(C(=O)c2cccc3[nH]ncc23)CC1. The minimum absolute atomic E-state index is 0.0543. The van der Waals surface area contributed by atoms with Crippen molar-refractivity contribution in [2.24, 2.45) is 0 Å². The molecule has 6 heteroatoms. The van der Waals surface area contributed by atoms with Gasteiger partial charge >= 0.3 is 0 Å². The van der Waals surface area contributed by atoms with Gasteiger partial charge in [-0.1, -0.05) is 6.07 Å². The third-order valence-corrected chi connectivity index (χ3v) is 3.90. The predicted molar refractivity (Wildman–Crippen MR) is 80.1 cm³/mol. The molecular weight excluding hydrogens is 268 g/mol. The number of aliphatic hydroxyl groups is 1. The van der Waals surface area contributed by atoms with Gasteiger partial charge in [-0.05, 0) is 19.1 Å². The molecule has 1 aromatic carbocycles. The third kappa shape index (κ3) is 2.91. The molecule has 2 aromatic rings. The van der Waals surface area contributed by atoms with Gasteiger partial charge in [-0.15, -0.1) is 0 Å². The molecule has 0 aliphatic carbocycles. The highest BCUT2D eigenvalue weighted by Crippen LogP contribution is 2.18. The van der Waals surface area contributed by atoms with Crippen LogP contribution >= 0.6 is 0 Å². The fraction of sp³-hybridized carbons (Fsp3) is 0.467. The smallest absolute Gasteiger partial charge is 0.254 e. The molecule has 2 N–H and O–H groups in total. The van der Waals surface area contributed by atoms with Gasteiger partial charge in [-0.25, -0.2) is 0 Å². The predicted octanol–water partition coefficient (Wildman–Crippen LogP) is 0.701. The van der Waals surface area contributed by atoms with Gasteiger partial charge in [0.25, 0.3) is 5.91 Å². The van der Waals surface area contributed by atoms with Gasteiger partial charge in [0.2, 0.25) is 0 Å². The van der Waals surface area contributed by atoms with Crippen LogP contribution in [0.5, 0.6) is 0 Å². The summed E-state index contributed by atoms with van der Waals surface area (Å²) in [6.07, 6.45) is 1.37. The zero-order valence-electron chi connectivity index (χ0n) is 12.1. The van der Waals surface area contributed by atoms with Crippen LogP contribution in [0.3, 0.4) is 0 Å². The second-order valence-corrected chi connectivity index (χ2v) is 5.58. The largest absolute Gasteiger partial charge is 0.392 e. The molecule has 0 radical (unpaired) electrons. The van der Waals surface area contributed by atoms with Crippen molar-refractivity contribution < 1.29 is 9.90 Å². The maximum Gasteiger partial charge on any atom is 0.254 e. The Morgan fingerprint density at radius 2 is 2.14 bits per heavy atom. The number of β-amino-alcohol motifs (C(OH)–C–C–N with tert-alkyl or cyclic N) is 1. The molecule has 1 amide bonds. The molecule has 6 nitrogen and oxygen atoms in total. The van der Waals surface area contributed by atoms with Gasteiger partial charge in [0, 0.05) is 38.1 Å². The minimum atomic E-state index is -0.327. The zero-order valence-corrected chi connectivity index (χ0v) is 12.1. The number of piperazine rings is 1. The van der Waals surface area contributed by atoms with E-state index in [0.29, 0.717) is 25.2 Å². The molecule has 0 saturated carbocycles. The lowest BCUT2D eigenvalue weighted by Gasteiger charge is -2.35. The van der Waals surface area contributed by atoms with Crippen molar-refractivity contribution in [1.29, 1.82) is 0 Å². The first-order valence-electron chi connectivity index (χ1n) is 7.27. The van der Waals surface area contributed by atoms with Crippen LogP contribution in [0.4, 0.5) is 0 Å². The topological polar surface area (TPSA) is 72.5 Å². The molecule has 0 unspecified atom stereocenters. The van der Waals surface area contributed by atoms with Crippen LogP contribution in [0.15, 0.2) is 24.4 Å². The molecule has 2 heterocycles. The van der Waals surface area contributed by atoms with E-state index in [1.165, 1.54) is 0 Å². The number of aromatic nitrogens is 2. The van der Waals surface area contributed by atoms with Crippen LogP contribution < -0.4 is 0 Å². The number of carbonyl (C=O) groups is 1. The van der Waals surface area contributed by atoms with Crippen LogP contribution in [0, 0.1) is 0 Å². The van der Waals surface area contributed by atoms with Gasteiger partial charge in [0.1, 0.15) is 0 Å². The molecule has 0 spiro atoms. The first kappa shape index (κ1) is 14.0. The first-order chi connectivity index (χ1) is 10.1. The van der Waals surface area contributed by atoms with Crippen LogP contribution in [0.1, 0.15) is 17.3 Å². The van der Waals surface area contributed by atoms with Crippen molar-refractivity contribution in [2.75, 3.05) is 32.7 Å². The van der Waals surface area contributed by atoms with Gasteiger partial charge in [0.05, 0.1) is 23.4 Å². The number of rotatable bonds is 3. The number of H-pyrrole nitrogens is 1. The number of carbonyl (C=O) groups excluding carboxylic acids is 1. The van der Waals surface area contributed by atoms with Crippen molar-refractivity contribution in [1.82, 2.24) is 20.0 Å². The molecule has 1 atom stereocenters. The minimum Gasteiger partial charge on any atom is -0.392 e. The number of nitrogens with zero attached hydrogens (tertiary/aromatic N) is 3. The first-order valence-corrected chi connectivity index (χ1v) is 7.27. The van der Waals surface area contributed by atoms with E-state index in [1.807, 2.05) is 23.1 Å². The molecule has 0 bridgehead atoms. The summed E-state index contributed by atoms with van der Waals surface area (Å²) in [5.41, 5.74) is 1.58. The molecule has 1 saturated heterocycles.